The van der Waals surface area contributed by atoms with Crippen LogP contribution in [0.2, 0.25) is 0 Å². The average Bonchev–Trinajstić information content (AvgIpc) is 3.48. The minimum absolute atomic E-state index is 0.0571. The number of hydrogen-bond acceptors (Lipinski definition) is 8. The van der Waals surface area contributed by atoms with Gasteiger partial charge in [-0.2, -0.15) is 5.26 Å². The zero-order valence-corrected chi connectivity index (χ0v) is 23.7. The van der Waals surface area contributed by atoms with E-state index >= 15 is 0 Å². The zero-order valence-electron chi connectivity index (χ0n) is 22.9. The standard InChI is InChI=1S/C30H30N4O5S/c1-17-8-6-9-22(18(17)2)33-26(35)16-40-30-21(15-31)28(25-10-7-13-39-25)27(19(3)32-30)29(36)34-23-14-20(37-4)11-12-24(23)38-5/h6-14,28,32H,16H2,1-5H3,(H,33,35)(H,34,36). The quantitative estimate of drug-likeness (QED) is 0.309. The molecule has 2 heterocycles. The van der Waals surface area contributed by atoms with Gasteiger partial charge in [0.05, 0.1) is 60.1 Å². The van der Waals surface area contributed by atoms with Gasteiger partial charge in [0.25, 0.3) is 5.91 Å². The van der Waals surface area contributed by atoms with Crippen LogP contribution in [0.3, 0.4) is 0 Å². The first-order chi connectivity index (χ1) is 19.3. The number of furan rings is 1. The highest BCUT2D eigenvalue weighted by Gasteiger charge is 2.36. The van der Waals surface area contributed by atoms with E-state index in [2.05, 4.69) is 22.0 Å². The number of benzene rings is 2. The maximum Gasteiger partial charge on any atom is 0.254 e. The molecular weight excluding hydrogens is 528 g/mol. The number of anilines is 2. The molecule has 0 saturated heterocycles. The SMILES string of the molecule is COc1ccc(OC)c(NC(=O)C2=C(C)NC(SCC(=O)Nc3cccc(C)c3C)=C(C#N)C2c2ccco2)c1. The minimum Gasteiger partial charge on any atom is -0.497 e. The number of nitriles is 1. The van der Waals surface area contributed by atoms with Crippen LogP contribution in [0.15, 0.2) is 81.1 Å². The molecule has 206 valence electrons. The Morgan fingerprint density at radius 1 is 1.05 bits per heavy atom. The van der Waals surface area contributed by atoms with Crippen molar-refractivity contribution in [1.29, 1.82) is 5.26 Å². The Balaban J connectivity index is 1.61. The van der Waals surface area contributed by atoms with Crippen LogP contribution in [0.1, 0.15) is 29.7 Å². The van der Waals surface area contributed by atoms with Crippen LogP contribution in [-0.2, 0) is 9.59 Å². The normalized spacial score (nSPS) is 14.8. The summed E-state index contributed by atoms with van der Waals surface area (Å²) in [4.78, 5) is 26.5. The number of aryl methyl sites for hydroxylation is 1. The fourth-order valence-corrected chi connectivity index (χ4v) is 5.27. The van der Waals surface area contributed by atoms with Gasteiger partial charge in [-0.1, -0.05) is 23.9 Å². The molecule has 1 aromatic heterocycles. The molecule has 1 aliphatic rings. The minimum atomic E-state index is -0.789. The van der Waals surface area contributed by atoms with Crippen LogP contribution in [-0.4, -0.2) is 31.8 Å². The van der Waals surface area contributed by atoms with Crippen LogP contribution < -0.4 is 25.4 Å². The number of rotatable bonds is 9. The molecule has 0 radical (unpaired) electrons. The third kappa shape index (κ3) is 6.00. The molecule has 1 unspecified atom stereocenters. The fraction of sp³-hybridized carbons (Fsp3) is 0.233. The first kappa shape index (κ1) is 28.4. The smallest absolute Gasteiger partial charge is 0.254 e. The largest absolute Gasteiger partial charge is 0.497 e. The lowest BCUT2D eigenvalue weighted by atomic mass is 9.85. The van der Waals surface area contributed by atoms with Crippen molar-refractivity contribution in [2.75, 3.05) is 30.6 Å². The second-order valence-corrected chi connectivity index (χ2v) is 10.1. The van der Waals surface area contributed by atoms with Gasteiger partial charge in [0.15, 0.2) is 0 Å². The molecule has 0 bridgehead atoms. The number of carbonyl (C=O) groups is 2. The molecule has 2 amide bonds. The number of dihydropyridines is 1. The molecule has 40 heavy (non-hydrogen) atoms. The fourth-order valence-electron chi connectivity index (χ4n) is 4.38. The average molecular weight is 559 g/mol. The van der Waals surface area contributed by atoms with Crippen molar-refractivity contribution in [3.8, 4) is 17.6 Å². The van der Waals surface area contributed by atoms with E-state index in [4.69, 9.17) is 13.9 Å². The van der Waals surface area contributed by atoms with E-state index in [0.717, 1.165) is 16.8 Å². The Morgan fingerprint density at radius 3 is 2.52 bits per heavy atom. The Labute approximate surface area is 237 Å². The van der Waals surface area contributed by atoms with Crippen molar-refractivity contribution in [3.05, 3.63) is 93.6 Å². The summed E-state index contributed by atoms with van der Waals surface area (Å²) >= 11 is 1.19. The highest BCUT2D eigenvalue weighted by atomic mass is 32.2. The van der Waals surface area contributed by atoms with E-state index in [1.165, 1.54) is 32.2 Å². The molecule has 0 spiro atoms. The Bertz CT molecular complexity index is 1540. The number of methoxy groups -OCH3 is 2. The lowest BCUT2D eigenvalue weighted by Crippen LogP contribution is -2.31. The van der Waals surface area contributed by atoms with E-state index in [0.29, 0.717) is 39.2 Å². The summed E-state index contributed by atoms with van der Waals surface area (Å²) in [7, 11) is 3.04. The van der Waals surface area contributed by atoms with Crippen LogP contribution in [0.4, 0.5) is 11.4 Å². The summed E-state index contributed by atoms with van der Waals surface area (Å²) in [5, 5.41) is 19.7. The predicted octanol–water partition coefficient (Wildman–Crippen LogP) is 5.62. The van der Waals surface area contributed by atoms with Crippen molar-refractivity contribution in [3.63, 3.8) is 0 Å². The molecule has 0 aliphatic carbocycles. The summed E-state index contributed by atoms with van der Waals surface area (Å²) in [6, 6.07) is 16.5. The second kappa shape index (κ2) is 12.5. The van der Waals surface area contributed by atoms with Gasteiger partial charge in [-0.3, -0.25) is 9.59 Å². The van der Waals surface area contributed by atoms with E-state index in [9.17, 15) is 14.9 Å². The summed E-state index contributed by atoms with van der Waals surface area (Å²) in [5.41, 5.74) is 4.33. The summed E-state index contributed by atoms with van der Waals surface area (Å²) < 4.78 is 16.4. The topological polar surface area (TPSA) is 126 Å². The number of nitrogens with zero attached hydrogens (tertiary/aromatic N) is 1. The monoisotopic (exact) mass is 558 g/mol. The number of amides is 2. The number of allylic oxidation sites excluding steroid dienone is 2. The van der Waals surface area contributed by atoms with Crippen LogP contribution in [0.5, 0.6) is 11.5 Å². The Kier molecular flexibility index (Phi) is 8.86. The second-order valence-electron chi connectivity index (χ2n) is 9.07. The third-order valence-corrected chi connectivity index (χ3v) is 7.62. The predicted molar refractivity (Wildman–Crippen MR) is 155 cm³/mol. The summed E-state index contributed by atoms with van der Waals surface area (Å²) in [5.74, 6) is 0.0363. The lowest BCUT2D eigenvalue weighted by Gasteiger charge is -2.28. The molecular formula is C30H30N4O5S. The number of thioether (sulfide) groups is 1. The molecule has 3 N–H and O–H groups in total. The Morgan fingerprint density at radius 2 is 1.85 bits per heavy atom. The number of carbonyl (C=O) groups excluding carboxylic acids is 2. The third-order valence-electron chi connectivity index (χ3n) is 6.60. The first-order valence-corrected chi connectivity index (χ1v) is 13.4. The number of nitrogens with one attached hydrogen (secondary N) is 3. The van der Waals surface area contributed by atoms with Gasteiger partial charge in [0, 0.05) is 17.5 Å². The molecule has 3 aromatic rings. The van der Waals surface area contributed by atoms with Crippen molar-refractivity contribution < 1.29 is 23.5 Å². The van der Waals surface area contributed by atoms with Crippen molar-refractivity contribution in [2.24, 2.45) is 0 Å². The van der Waals surface area contributed by atoms with Gasteiger partial charge in [0.2, 0.25) is 5.91 Å². The van der Waals surface area contributed by atoms with E-state index in [-0.39, 0.29) is 17.2 Å². The van der Waals surface area contributed by atoms with Crippen molar-refractivity contribution >= 4 is 35.0 Å². The van der Waals surface area contributed by atoms with E-state index < -0.39 is 11.8 Å². The first-order valence-electron chi connectivity index (χ1n) is 12.4. The maximum absolute atomic E-state index is 13.7. The van der Waals surface area contributed by atoms with Gasteiger partial charge >= 0.3 is 0 Å². The van der Waals surface area contributed by atoms with Gasteiger partial charge < -0.3 is 29.8 Å². The van der Waals surface area contributed by atoms with Gasteiger partial charge in [-0.25, -0.2) is 0 Å². The number of ether oxygens (including phenoxy) is 2. The highest BCUT2D eigenvalue weighted by Crippen LogP contribution is 2.41. The summed E-state index contributed by atoms with van der Waals surface area (Å²) in [6.07, 6.45) is 1.49. The molecule has 0 fully saturated rings. The lowest BCUT2D eigenvalue weighted by molar-refractivity contribution is -0.114. The highest BCUT2D eigenvalue weighted by molar-refractivity contribution is 8.03. The molecule has 9 nitrogen and oxygen atoms in total. The molecule has 10 heteroatoms. The molecule has 1 aliphatic heterocycles. The number of hydrogen-bond donors (Lipinski definition) is 3. The van der Waals surface area contributed by atoms with Gasteiger partial charge in [-0.05, 0) is 62.2 Å². The van der Waals surface area contributed by atoms with Gasteiger partial charge in [0.1, 0.15) is 17.3 Å². The van der Waals surface area contributed by atoms with Gasteiger partial charge in [-0.15, -0.1) is 0 Å². The van der Waals surface area contributed by atoms with Crippen molar-refractivity contribution in [1.82, 2.24) is 5.32 Å². The van der Waals surface area contributed by atoms with Crippen LogP contribution in [0, 0.1) is 25.2 Å². The summed E-state index contributed by atoms with van der Waals surface area (Å²) in [6.45, 7) is 5.68. The Hall–Kier alpha value is -4.62. The maximum atomic E-state index is 13.7. The molecule has 2 aromatic carbocycles. The zero-order chi connectivity index (χ0) is 28.8. The van der Waals surface area contributed by atoms with Crippen molar-refractivity contribution in [2.45, 2.75) is 26.7 Å². The molecule has 0 saturated carbocycles. The van der Waals surface area contributed by atoms with E-state index in [1.807, 2.05) is 32.0 Å². The molecule has 4 rings (SSSR count). The van der Waals surface area contributed by atoms with Crippen LogP contribution >= 0.6 is 11.8 Å². The van der Waals surface area contributed by atoms with Crippen LogP contribution in [0.25, 0.3) is 0 Å². The molecule has 1 atom stereocenters. The van der Waals surface area contributed by atoms with E-state index in [1.54, 1.807) is 37.3 Å².